The molecule has 35 heavy (non-hydrogen) atoms. The summed E-state index contributed by atoms with van der Waals surface area (Å²) in [5.74, 6) is 1.35. The van der Waals surface area contributed by atoms with Crippen molar-refractivity contribution in [1.29, 1.82) is 0 Å². The van der Waals surface area contributed by atoms with E-state index in [1.54, 1.807) is 28.2 Å². The molecule has 1 aliphatic heterocycles. The zero-order chi connectivity index (χ0) is 24.9. The summed E-state index contributed by atoms with van der Waals surface area (Å²) in [5.41, 5.74) is 0.959. The molecule has 0 bridgehead atoms. The standard InChI is InChI=1S/C27H38N2O5S/c1-3-4-5-6-7-8-11-26(30)28(14-15-32-2)20-27(31)29(19-23-10-9-16-35-23)18-22-12-13-24-25(17-22)34-21-33-24/h9-10,12-13,16-17H,3-8,11,14-15,18-21H2,1-2H3. The van der Waals surface area contributed by atoms with E-state index in [4.69, 9.17) is 14.2 Å². The number of amides is 2. The zero-order valence-corrected chi connectivity index (χ0v) is 21.8. The van der Waals surface area contributed by atoms with Gasteiger partial charge >= 0.3 is 0 Å². The van der Waals surface area contributed by atoms with Crippen molar-refractivity contribution in [1.82, 2.24) is 9.80 Å². The fraction of sp³-hybridized carbons (Fsp3) is 0.556. The number of carbonyl (C=O) groups is 2. The number of thiophene rings is 1. The van der Waals surface area contributed by atoms with Gasteiger partial charge in [-0.1, -0.05) is 51.2 Å². The van der Waals surface area contributed by atoms with E-state index in [9.17, 15) is 9.59 Å². The van der Waals surface area contributed by atoms with Gasteiger partial charge in [0, 0.05) is 31.5 Å². The first-order valence-electron chi connectivity index (χ1n) is 12.6. The van der Waals surface area contributed by atoms with Crippen LogP contribution in [-0.2, 0) is 27.4 Å². The summed E-state index contributed by atoms with van der Waals surface area (Å²) in [5, 5.41) is 2.01. The summed E-state index contributed by atoms with van der Waals surface area (Å²) in [6, 6.07) is 9.76. The third-order valence-corrected chi connectivity index (χ3v) is 6.94. The number of fused-ring (bicyclic) bond motifs is 1. The van der Waals surface area contributed by atoms with Gasteiger partial charge in [-0.3, -0.25) is 9.59 Å². The highest BCUT2D eigenvalue weighted by molar-refractivity contribution is 7.09. The Balaban J connectivity index is 1.63. The lowest BCUT2D eigenvalue weighted by molar-refractivity contribution is -0.141. The van der Waals surface area contributed by atoms with Gasteiger partial charge in [0.25, 0.3) is 0 Å². The number of benzene rings is 1. The summed E-state index contributed by atoms with van der Waals surface area (Å²) < 4.78 is 16.1. The Labute approximate surface area is 213 Å². The van der Waals surface area contributed by atoms with Crippen molar-refractivity contribution >= 4 is 23.2 Å². The topological polar surface area (TPSA) is 68.3 Å². The van der Waals surface area contributed by atoms with Crippen LogP contribution in [0.15, 0.2) is 35.7 Å². The molecular formula is C27H38N2O5S. The van der Waals surface area contributed by atoms with E-state index in [0.717, 1.165) is 35.5 Å². The maximum atomic E-state index is 13.5. The van der Waals surface area contributed by atoms with Crippen LogP contribution in [0.5, 0.6) is 11.5 Å². The first kappa shape index (κ1) is 27.0. The Morgan fingerprint density at radius 1 is 0.971 bits per heavy atom. The first-order chi connectivity index (χ1) is 17.1. The molecule has 0 atom stereocenters. The highest BCUT2D eigenvalue weighted by atomic mass is 32.1. The average molecular weight is 503 g/mol. The molecule has 3 rings (SSSR count). The monoisotopic (exact) mass is 502 g/mol. The number of nitrogens with zero attached hydrogens (tertiary/aromatic N) is 2. The molecule has 8 heteroatoms. The van der Waals surface area contributed by atoms with Gasteiger partial charge in [-0.15, -0.1) is 11.3 Å². The van der Waals surface area contributed by atoms with Gasteiger partial charge in [0.05, 0.1) is 19.7 Å². The van der Waals surface area contributed by atoms with Crippen LogP contribution in [0.1, 0.15) is 62.3 Å². The fourth-order valence-electron chi connectivity index (χ4n) is 4.05. The van der Waals surface area contributed by atoms with E-state index in [0.29, 0.717) is 38.4 Å². The Morgan fingerprint density at radius 3 is 2.54 bits per heavy atom. The number of rotatable bonds is 16. The highest BCUT2D eigenvalue weighted by Crippen LogP contribution is 2.33. The number of hydrogen-bond acceptors (Lipinski definition) is 6. The van der Waals surface area contributed by atoms with Gasteiger partial charge in [0.15, 0.2) is 11.5 Å². The van der Waals surface area contributed by atoms with Crippen LogP contribution in [-0.4, -0.2) is 55.2 Å². The van der Waals surface area contributed by atoms with Crippen molar-refractivity contribution in [2.24, 2.45) is 0 Å². The largest absolute Gasteiger partial charge is 0.454 e. The van der Waals surface area contributed by atoms with Crippen LogP contribution >= 0.6 is 11.3 Å². The van der Waals surface area contributed by atoms with Crippen LogP contribution in [0.4, 0.5) is 0 Å². The lowest BCUT2D eigenvalue weighted by Gasteiger charge is -2.28. The Morgan fingerprint density at radius 2 is 1.77 bits per heavy atom. The van der Waals surface area contributed by atoms with Gasteiger partial charge in [-0.2, -0.15) is 0 Å². The third-order valence-electron chi connectivity index (χ3n) is 6.08. The van der Waals surface area contributed by atoms with Crippen LogP contribution in [0.3, 0.4) is 0 Å². The minimum absolute atomic E-state index is 0.0186. The second-order valence-electron chi connectivity index (χ2n) is 8.84. The summed E-state index contributed by atoms with van der Waals surface area (Å²) in [4.78, 5) is 31.0. The van der Waals surface area contributed by atoms with Crippen molar-refractivity contribution in [3.05, 3.63) is 46.2 Å². The van der Waals surface area contributed by atoms with Crippen LogP contribution in [0, 0.1) is 0 Å². The summed E-state index contributed by atoms with van der Waals surface area (Å²) >= 11 is 1.62. The maximum absolute atomic E-state index is 13.5. The fourth-order valence-corrected chi connectivity index (χ4v) is 4.77. The first-order valence-corrected chi connectivity index (χ1v) is 13.4. The second-order valence-corrected chi connectivity index (χ2v) is 9.87. The molecule has 0 saturated heterocycles. The van der Waals surface area contributed by atoms with E-state index < -0.39 is 0 Å². The van der Waals surface area contributed by atoms with Crippen LogP contribution in [0.25, 0.3) is 0 Å². The molecule has 1 aliphatic rings. The predicted molar refractivity (Wildman–Crippen MR) is 138 cm³/mol. The number of unbranched alkanes of at least 4 members (excludes halogenated alkanes) is 5. The Bertz CT molecular complexity index is 918. The Kier molecular flexibility index (Phi) is 11.4. The molecule has 0 radical (unpaired) electrons. The van der Waals surface area contributed by atoms with E-state index in [-0.39, 0.29) is 25.2 Å². The van der Waals surface area contributed by atoms with Gasteiger partial charge in [-0.05, 0) is 35.6 Å². The molecule has 1 aromatic carbocycles. The van der Waals surface area contributed by atoms with E-state index >= 15 is 0 Å². The number of carbonyl (C=O) groups excluding carboxylic acids is 2. The van der Waals surface area contributed by atoms with Gasteiger partial charge < -0.3 is 24.0 Å². The number of ether oxygens (including phenoxy) is 3. The minimum Gasteiger partial charge on any atom is -0.454 e. The molecule has 0 fully saturated rings. The molecule has 0 saturated carbocycles. The van der Waals surface area contributed by atoms with Crippen LogP contribution in [0.2, 0.25) is 0 Å². The maximum Gasteiger partial charge on any atom is 0.242 e. The highest BCUT2D eigenvalue weighted by Gasteiger charge is 2.23. The summed E-state index contributed by atoms with van der Waals surface area (Å²) in [6.07, 6.45) is 7.20. The normalized spacial score (nSPS) is 12.1. The Hall–Kier alpha value is -2.58. The van der Waals surface area contributed by atoms with Crippen molar-refractivity contribution in [3.8, 4) is 11.5 Å². The molecule has 2 amide bonds. The van der Waals surface area contributed by atoms with E-state index in [2.05, 4.69) is 6.92 Å². The zero-order valence-electron chi connectivity index (χ0n) is 21.0. The summed E-state index contributed by atoms with van der Waals surface area (Å²) in [7, 11) is 1.61. The predicted octanol–water partition coefficient (Wildman–Crippen LogP) is 5.23. The molecule has 0 unspecified atom stereocenters. The summed E-state index contributed by atoms with van der Waals surface area (Å²) in [6.45, 7) is 4.20. The lowest BCUT2D eigenvalue weighted by Crippen LogP contribution is -2.43. The van der Waals surface area contributed by atoms with E-state index in [1.807, 2.05) is 35.7 Å². The third kappa shape index (κ3) is 8.85. The lowest BCUT2D eigenvalue weighted by atomic mass is 10.1. The molecule has 0 N–H and O–H groups in total. The van der Waals surface area contributed by atoms with Crippen molar-refractivity contribution in [2.75, 3.05) is 33.6 Å². The second kappa shape index (κ2) is 14.7. The quantitative estimate of drug-likeness (QED) is 0.294. The molecule has 0 aliphatic carbocycles. The van der Waals surface area contributed by atoms with Gasteiger partial charge in [0.2, 0.25) is 18.6 Å². The minimum atomic E-state index is -0.0801. The van der Waals surface area contributed by atoms with Crippen LogP contribution < -0.4 is 9.47 Å². The van der Waals surface area contributed by atoms with Crippen molar-refractivity contribution in [2.45, 2.75) is 65.0 Å². The number of hydrogen-bond donors (Lipinski definition) is 0. The van der Waals surface area contributed by atoms with Gasteiger partial charge in [0.1, 0.15) is 0 Å². The molecule has 192 valence electrons. The molecule has 2 heterocycles. The molecule has 1 aromatic heterocycles. The number of methoxy groups -OCH3 is 1. The smallest absolute Gasteiger partial charge is 0.242 e. The SMILES string of the molecule is CCCCCCCCC(=O)N(CCOC)CC(=O)N(Cc1ccc2c(c1)OCO2)Cc1cccs1. The van der Waals surface area contributed by atoms with Gasteiger partial charge in [-0.25, -0.2) is 0 Å². The van der Waals surface area contributed by atoms with E-state index in [1.165, 1.54) is 19.3 Å². The average Bonchev–Trinajstić information content (AvgIpc) is 3.55. The molecule has 7 nitrogen and oxygen atoms in total. The molecule has 0 spiro atoms. The van der Waals surface area contributed by atoms with Crippen molar-refractivity contribution in [3.63, 3.8) is 0 Å². The molecule has 2 aromatic rings. The molecular weight excluding hydrogens is 464 g/mol. The van der Waals surface area contributed by atoms with Crippen molar-refractivity contribution < 1.29 is 23.8 Å².